The van der Waals surface area contributed by atoms with E-state index < -0.39 is 0 Å². The Kier molecular flexibility index (Phi) is 5.19. The molecule has 0 amide bonds. The standard InChI is InChI=1S/C12H21N3O/c1-10-8-11(15(2)14-10)9-12(16)6-4-3-5-7-13/h8H,3-7,9,13H2,1-2H3. The Morgan fingerprint density at radius 3 is 2.75 bits per heavy atom. The van der Waals surface area contributed by atoms with Gasteiger partial charge in [0.25, 0.3) is 0 Å². The van der Waals surface area contributed by atoms with Gasteiger partial charge in [0.15, 0.2) is 0 Å². The fourth-order valence-corrected chi connectivity index (χ4v) is 1.76. The first-order chi connectivity index (χ1) is 7.63. The third-order valence-electron chi connectivity index (χ3n) is 2.64. The highest BCUT2D eigenvalue weighted by atomic mass is 16.1. The van der Waals surface area contributed by atoms with Gasteiger partial charge in [-0.1, -0.05) is 6.42 Å². The summed E-state index contributed by atoms with van der Waals surface area (Å²) < 4.78 is 1.78. The summed E-state index contributed by atoms with van der Waals surface area (Å²) in [6.07, 6.45) is 4.17. The maximum absolute atomic E-state index is 11.7. The Morgan fingerprint density at radius 1 is 1.44 bits per heavy atom. The second-order valence-electron chi connectivity index (χ2n) is 4.22. The quantitative estimate of drug-likeness (QED) is 0.710. The molecule has 0 fully saturated rings. The molecule has 16 heavy (non-hydrogen) atoms. The third kappa shape index (κ3) is 4.14. The number of nitrogens with two attached hydrogens (primary N) is 1. The van der Waals surface area contributed by atoms with Gasteiger partial charge in [0.1, 0.15) is 5.78 Å². The molecule has 1 rings (SSSR count). The zero-order valence-corrected chi connectivity index (χ0v) is 10.2. The van der Waals surface area contributed by atoms with Crippen LogP contribution in [0.3, 0.4) is 0 Å². The van der Waals surface area contributed by atoms with E-state index in [9.17, 15) is 4.79 Å². The number of aromatic nitrogens is 2. The number of unbranched alkanes of at least 4 members (excludes halogenated alkanes) is 2. The maximum atomic E-state index is 11.7. The minimum Gasteiger partial charge on any atom is -0.330 e. The number of aryl methyl sites for hydroxylation is 2. The third-order valence-corrected chi connectivity index (χ3v) is 2.64. The Labute approximate surface area is 96.8 Å². The van der Waals surface area contributed by atoms with E-state index in [1.807, 2.05) is 20.0 Å². The topological polar surface area (TPSA) is 60.9 Å². The summed E-state index contributed by atoms with van der Waals surface area (Å²) in [7, 11) is 1.88. The SMILES string of the molecule is Cc1cc(CC(=O)CCCCCN)n(C)n1. The van der Waals surface area contributed by atoms with E-state index in [0.29, 0.717) is 18.6 Å². The number of hydrogen-bond acceptors (Lipinski definition) is 3. The summed E-state index contributed by atoms with van der Waals surface area (Å²) in [5.74, 6) is 0.292. The summed E-state index contributed by atoms with van der Waals surface area (Å²) >= 11 is 0. The maximum Gasteiger partial charge on any atom is 0.138 e. The summed E-state index contributed by atoms with van der Waals surface area (Å²) in [6.45, 7) is 2.66. The molecule has 0 atom stereocenters. The van der Waals surface area contributed by atoms with E-state index in [1.165, 1.54) is 0 Å². The zero-order chi connectivity index (χ0) is 12.0. The minimum absolute atomic E-state index is 0.292. The van der Waals surface area contributed by atoms with Crippen LogP contribution in [0, 0.1) is 6.92 Å². The molecule has 0 aliphatic heterocycles. The number of rotatable bonds is 7. The van der Waals surface area contributed by atoms with E-state index in [-0.39, 0.29) is 0 Å². The van der Waals surface area contributed by atoms with Crippen molar-refractivity contribution in [1.29, 1.82) is 0 Å². The first kappa shape index (κ1) is 12.9. The normalized spacial score (nSPS) is 10.7. The van der Waals surface area contributed by atoms with Crippen molar-refractivity contribution in [3.8, 4) is 0 Å². The monoisotopic (exact) mass is 223 g/mol. The zero-order valence-electron chi connectivity index (χ0n) is 10.2. The lowest BCUT2D eigenvalue weighted by atomic mass is 10.1. The number of carbonyl (C=O) groups is 1. The molecule has 4 heteroatoms. The van der Waals surface area contributed by atoms with Crippen molar-refractivity contribution in [2.24, 2.45) is 12.8 Å². The van der Waals surface area contributed by atoms with Crippen LogP contribution in [0.1, 0.15) is 37.1 Å². The number of ketones is 1. The average molecular weight is 223 g/mol. The van der Waals surface area contributed by atoms with Gasteiger partial charge < -0.3 is 5.73 Å². The van der Waals surface area contributed by atoms with Gasteiger partial charge in [0.05, 0.1) is 5.69 Å². The summed E-state index contributed by atoms with van der Waals surface area (Å²) in [6, 6.07) is 1.97. The molecule has 1 aromatic heterocycles. The lowest BCUT2D eigenvalue weighted by molar-refractivity contribution is -0.118. The molecule has 0 radical (unpaired) electrons. The van der Waals surface area contributed by atoms with Crippen LogP contribution >= 0.6 is 0 Å². The first-order valence-corrected chi connectivity index (χ1v) is 5.84. The highest BCUT2D eigenvalue weighted by Crippen LogP contribution is 2.07. The van der Waals surface area contributed by atoms with Gasteiger partial charge in [-0.3, -0.25) is 9.48 Å². The van der Waals surface area contributed by atoms with Gasteiger partial charge in [-0.15, -0.1) is 0 Å². The molecule has 0 bridgehead atoms. The van der Waals surface area contributed by atoms with Crippen LogP contribution in [0.2, 0.25) is 0 Å². The number of nitrogens with zero attached hydrogens (tertiary/aromatic N) is 2. The van der Waals surface area contributed by atoms with E-state index in [1.54, 1.807) is 4.68 Å². The molecule has 0 spiro atoms. The second kappa shape index (κ2) is 6.43. The van der Waals surface area contributed by atoms with Gasteiger partial charge in [0, 0.05) is 25.6 Å². The van der Waals surface area contributed by atoms with Crippen LogP contribution in [0.4, 0.5) is 0 Å². The highest BCUT2D eigenvalue weighted by Gasteiger charge is 2.07. The second-order valence-corrected chi connectivity index (χ2v) is 4.22. The van der Waals surface area contributed by atoms with Crippen LogP contribution in [-0.4, -0.2) is 22.1 Å². The predicted octanol–water partition coefficient (Wildman–Crippen LogP) is 1.36. The molecule has 0 saturated heterocycles. The van der Waals surface area contributed by atoms with E-state index in [0.717, 1.165) is 37.2 Å². The van der Waals surface area contributed by atoms with Crippen LogP contribution in [0.25, 0.3) is 0 Å². The van der Waals surface area contributed by atoms with Gasteiger partial charge in [0.2, 0.25) is 0 Å². The summed E-state index contributed by atoms with van der Waals surface area (Å²) in [5.41, 5.74) is 7.36. The number of Topliss-reactive ketones (excluding diaryl/α,β-unsaturated/α-hetero) is 1. The van der Waals surface area contributed by atoms with E-state index >= 15 is 0 Å². The molecular formula is C12H21N3O. The van der Waals surface area contributed by atoms with Crippen LogP contribution in [-0.2, 0) is 18.3 Å². The Bertz CT molecular complexity index is 344. The predicted molar refractivity (Wildman–Crippen MR) is 64.2 cm³/mol. The van der Waals surface area contributed by atoms with Crippen molar-refractivity contribution >= 4 is 5.78 Å². The number of carbonyl (C=O) groups excluding carboxylic acids is 1. The molecule has 0 saturated carbocycles. The average Bonchev–Trinajstić information content (AvgIpc) is 2.52. The molecule has 0 aliphatic rings. The first-order valence-electron chi connectivity index (χ1n) is 5.84. The fraction of sp³-hybridized carbons (Fsp3) is 0.667. The van der Waals surface area contributed by atoms with E-state index in [2.05, 4.69) is 5.10 Å². The van der Waals surface area contributed by atoms with Crippen molar-refractivity contribution in [3.05, 3.63) is 17.5 Å². The molecular weight excluding hydrogens is 202 g/mol. The minimum atomic E-state index is 0.292. The Balaban J connectivity index is 2.31. The Hall–Kier alpha value is -1.16. The lowest BCUT2D eigenvalue weighted by Gasteiger charge is -2.01. The van der Waals surface area contributed by atoms with Crippen molar-refractivity contribution in [2.45, 2.75) is 39.0 Å². The molecule has 0 aliphatic carbocycles. The fourth-order valence-electron chi connectivity index (χ4n) is 1.76. The van der Waals surface area contributed by atoms with Gasteiger partial charge in [-0.25, -0.2) is 0 Å². The van der Waals surface area contributed by atoms with Gasteiger partial charge in [-0.2, -0.15) is 5.10 Å². The molecule has 0 unspecified atom stereocenters. The molecule has 90 valence electrons. The molecule has 0 aromatic carbocycles. The molecule has 2 N–H and O–H groups in total. The van der Waals surface area contributed by atoms with Crippen LogP contribution < -0.4 is 5.73 Å². The largest absolute Gasteiger partial charge is 0.330 e. The highest BCUT2D eigenvalue weighted by molar-refractivity contribution is 5.80. The summed E-state index contributed by atoms with van der Waals surface area (Å²) in [5, 5.41) is 4.22. The van der Waals surface area contributed by atoms with Crippen molar-refractivity contribution in [1.82, 2.24) is 9.78 Å². The van der Waals surface area contributed by atoms with Crippen LogP contribution in [0.5, 0.6) is 0 Å². The smallest absolute Gasteiger partial charge is 0.138 e. The molecule has 4 nitrogen and oxygen atoms in total. The van der Waals surface area contributed by atoms with Gasteiger partial charge in [-0.05, 0) is 32.4 Å². The number of hydrogen-bond donors (Lipinski definition) is 1. The molecule has 1 aromatic rings. The summed E-state index contributed by atoms with van der Waals surface area (Å²) in [4.78, 5) is 11.7. The van der Waals surface area contributed by atoms with E-state index in [4.69, 9.17) is 5.73 Å². The molecule has 1 heterocycles. The van der Waals surface area contributed by atoms with Crippen molar-refractivity contribution in [3.63, 3.8) is 0 Å². The van der Waals surface area contributed by atoms with Crippen molar-refractivity contribution < 1.29 is 4.79 Å². The van der Waals surface area contributed by atoms with Crippen molar-refractivity contribution in [2.75, 3.05) is 6.54 Å². The van der Waals surface area contributed by atoms with Gasteiger partial charge >= 0.3 is 0 Å². The lowest BCUT2D eigenvalue weighted by Crippen LogP contribution is -2.07. The Morgan fingerprint density at radius 2 is 2.19 bits per heavy atom. The van der Waals surface area contributed by atoms with Crippen LogP contribution in [0.15, 0.2) is 6.07 Å².